The van der Waals surface area contributed by atoms with E-state index < -0.39 is 0 Å². The summed E-state index contributed by atoms with van der Waals surface area (Å²) in [6.07, 6.45) is 2.01. The first-order valence-corrected chi connectivity index (χ1v) is 4.41. The van der Waals surface area contributed by atoms with Gasteiger partial charge in [0.1, 0.15) is 0 Å². The lowest BCUT2D eigenvalue weighted by atomic mass is 10.4. The van der Waals surface area contributed by atoms with E-state index in [1.54, 1.807) is 17.9 Å². The van der Waals surface area contributed by atoms with E-state index in [-0.39, 0.29) is 5.91 Å². The molecule has 0 bridgehead atoms. The van der Waals surface area contributed by atoms with E-state index in [9.17, 15) is 4.79 Å². The van der Waals surface area contributed by atoms with Gasteiger partial charge in [0, 0.05) is 13.5 Å². The highest BCUT2D eigenvalue weighted by Crippen LogP contribution is 2.13. The van der Waals surface area contributed by atoms with Crippen LogP contribution >= 0.6 is 11.6 Å². The molecule has 1 aromatic rings. The molecule has 0 aromatic carbocycles. The fourth-order valence-corrected chi connectivity index (χ4v) is 1.12. The first-order valence-electron chi connectivity index (χ1n) is 4.03. The fourth-order valence-electron chi connectivity index (χ4n) is 0.982. The van der Waals surface area contributed by atoms with Crippen molar-refractivity contribution in [2.75, 3.05) is 7.05 Å². The molecular formula is C8H12ClN3O. The molecular weight excluding hydrogens is 190 g/mol. The van der Waals surface area contributed by atoms with Crippen LogP contribution in [0.3, 0.4) is 0 Å². The first-order chi connectivity index (χ1) is 6.15. The van der Waals surface area contributed by atoms with E-state index in [4.69, 9.17) is 11.6 Å². The molecule has 1 aromatic heterocycles. The van der Waals surface area contributed by atoms with Crippen LogP contribution in [0.5, 0.6) is 0 Å². The van der Waals surface area contributed by atoms with Crippen LogP contribution in [0.2, 0.25) is 5.02 Å². The number of hydrogen-bond acceptors (Lipinski definition) is 2. The molecule has 0 unspecified atom stereocenters. The molecule has 0 aliphatic heterocycles. The van der Waals surface area contributed by atoms with Gasteiger partial charge in [-0.2, -0.15) is 5.10 Å². The van der Waals surface area contributed by atoms with Crippen molar-refractivity contribution in [1.82, 2.24) is 15.1 Å². The molecule has 0 saturated carbocycles. The molecule has 5 heteroatoms. The van der Waals surface area contributed by atoms with E-state index in [0.29, 0.717) is 18.0 Å². The van der Waals surface area contributed by atoms with Gasteiger partial charge < -0.3 is 5.32 Å². The summed E-state index contributed by atoms with van der Waals surface area (Å²) in [7, 11) is 1.62. The molecule has 0 saturated heterocycles. The van der Waals surface area contributed by atoms with E-state index in [1.807, 2.05) is 6.92 Å². The zero-order valence-corrected chi connectivity index (χ0v) is 8.43. The van der Waals surface area contributed by atoms with E-state index >= 15 is 0 Å². The molecule has 1 amide bonds. The molecule has 0 spiro atoms. The lowest BCUT2D eigenvalue weighted by Crippen LogP contribution is -2.20. The summed E-state index contributed by atoms with van der Waals surface area (Å²) >= 11 is 5.79. The molecule has 4 nitrogen and oxygen atoms in total. The minimum Gasteiger partial charge on any atom is -0.359 e. The van der Waals surface area contributed by atoms with E-state index in [1.165, 1.54) is 0 Å². The zero-order valence-electron chi connectivity index (χ0n) is 7.67. The Morgan fingerprint density at radius 1 is 1.77 bits per heavy atom. The normalized spacial score (nSPS) is 10.1. The van der Waals surface area contributed by atoms with Gasteiger partial charge in [-0.25, -0.2) is 0 Å². The minimum absolute atomic E-state index is 0.00558. The third-order valence-corrected chi connectivity index (χ3v) is 2.24. The number of halogens is 1. The Hall–Kier alpha value is -1.03. The van der Waals surface area contributed by atoms with Crippen LogP contribution in [0, 0.1) is 6.92 Å². The molecule has 1 N–H and O–H groups in total. The monoisotopic (exact) mass is 201 g/mol. The third-order valence-electron chi connectivity index (χ3n) is 1.87. The quantitative estimate of drug-likeness (QED) is 0.793. The van der Waals surface area contributed by atoms with Crippen molar-refractivity contribution in [3.05, 3.63) is 16.9 Å². The van der Waals surface area contributed by atoms with Gasteiger partial charge in [-0.15, -0.1) is 0 Å². The Kier molecular flexibility index (Phi) is 3.31. The maximum atomic E-state index is 10.9. The van der Waals surface area contributed by atoms with Crippen LogP contribution in [0.25, 0.3) is 0 Å². The van der Waals surface area contributed by atoms with Gasteiger partial charge in [-0.05, 0) is 6.92 Å². The molecule has 0 fully saturated rings. The van der Waals surface area contributed by atoms with Crippen LogP contribution in [0.1, 0.15) is 12.1 Å². The molecule has 0 aliphatic rings. The molecule has 1 heterocycles. The average Bonchev–Trinajstić information content (AvgIpc) is 2.44. The van der Waals surface area contributed by atoms with Crippen molar-refractivity contribution in [1.29, 1.82) is 0 Å². The largest absolute Gasteiger partial charge is 0.359 e. The second-order valence-electron chi connectivity index (χ2n) is 2.72. The summed E-state index contributed by atoms with van der Waals surface area (Å²) in [5.74, 6) is 0.00558. The van der Waals surface area contributed by atoms with Gasteiger partial charge in [-0.3, -0.25) is 9.48 Å². The number of rotatable bonds is 3. The highest BCUT2D eigenvalue weighted by atomic mass is 35.5. The number of aromatic nitrogens is 2. The lowest BCUT2D eigenvalue weighted by molar-refractivity contribution is -0.120. The Bertz CT molecular complexity index is 308. The van der Waals surface area contributed by atoms with Crippen LogP contribution < -0.4 is 5.32 Å². The van der Waals surface area contributed by atoms with Gasteiger partial charge >= 0.3 is 0 Å². The highest BCUT2D eigenvalue weighted by molar-refractivity contribution is 6.31. The van der Waals surface area contributed by atoms with E-state index in [2.05, 4.69) is 10.4 Å². The van der Waals surface area contributed by atoms with Gasteiger partial charge in [0.15, 0.2) is 0 Å². The lowest BCUT2D eigenvalue weighted by Gasteiger charge is -2.02. The van der Waals surface area contributed by atoms with E-state index in [0.717, 1.165) is 5.69 Å². The predicted octanol–water partition coefficient (Wildman–Crippen LogP) is 0.981. The Labute approximate surface area is 81.9 Å². The molecule has 0 aliphatic carbocycles. The number of nitrogens with zero attached hydrogens (tertiary/aromatic N) is 2. The van der Waals surface area contributed by atoms with Crippen LogP contribution in [-0.2, 0) is 11.3 Å². The summed E-state index contributed by atoms with van der Waals surface area (Å²) < 4.78 is 1.72. The van der Waals surface area contributed by atoms with Crippen LogP contribution in [-0.4, -0.2) is 22.7 Å². The number of carbonyl (C=O) groups excluding carboxylic acids is 1. The predicted molar refractivity (Wildman–Crippen MR) is 50.7 cm³/mol. The number of hydrogen-bond donors (Lipinski definition) is 1. The summed E-state index contributed by atoms with van der Waals surface area (Å²) in [6, 6.07) is 0. The molecule has 72 valence electrons. The maximum Gasteiger partial charge on any atom is 0.221 e. The Morgan fingerprint density at radius 3 is 2.92 bits per heavy atom. The van der Waals surface area contributed by atoms with Crippen molar-refractivity contribution in [2.45, 2.75) is 19.9 Å². The summed E-state index contributed by atoms with van der Waals surface area (Å²) in [6.45, 7) is 2.44. The number of carbonyl (C=O) groups is 1. The van der Waals surface area contributed by atoms with Crippen molar-refractivity contribution in [3.8, 4) is 0 Å². The smallest absolute Gasteiger partial charge is 0.221 e. The van der Waals surface area contributed by atoms with Gasteiger partial charge in [-0.1, -0.05) is 11.6 Å². The number of nitrogens with one attached hydrogen (secondary N) is 1. The van der Waals surface area contributed by atoms with Gasteiger partial charge in [0.05, 0.1) is 23.5 Å². The second kappa shape index (κ2) is 4.28. The van der Waals surface area contributed by atoms with Crippen LogP contribution in [0.15, 0.2) is 6.20 Å². The third kappa shape index (κ3) is 2.45. The van der Waals surface area contributed by atoms with Crippen LogP contribution in [0.4, 0.5) is 0 Å². The topological polar surface area (TPSA) is 46.9 Å². The minimum atomic E-state index is 0.00558. The van der Waals surface area contributed by atoms with Crippen molar-refractivity contribution in [2.24, 2.45) is 0 Å². The highest BCUT2D eigenvalue weighted by Gasteiger charge is 2.05. The molecule has 1 rings (SSSR count). The molecule has 13 heavy (non-hydrogen) atoms. The standard InChI is InChI=1S/C8H12ClN3O/c1-6-7(9)5-11-12(6)4-3-8(13)10-2/h5H,3-4H2,1-2H3,(H,10,13). The first kappa shape index (κ1) is 10.1. The van der Waals surface area contributed by atoms with Gasteiger partial charge in [0.25, 0.3) is 0 Å². The molecule has 0 radical (unpaired) electrons. The molecule has 0 atom stereocenters. The Balaban J connectivity index is 2.55. The SMILES string of the molecule is CNC(=O)CCn1ncc(Cl)c1C. The average molecular weight is 202 g/mol. The summed E-state index contributed by atoms with van der Waals surface area (Å²) in [4.78, 5) is 10.9. The summed E-state index contributed by atoms with van der Waals surface area (Å²) in [5, 5.41) is 7.21. The maximum absolute atomic E-state index is 10.9. The van der Waals surface area contributed by atoms with Gasteiger partial charge in [0.2, 0.25) is 5.91 Å². The number of aryl methyl sites for hydroxylation is 1. The van der Waals surface area contributed by atoms with Crippen molar-refractivity contribution < 1.29 is 4.79 Å². The Morgan fingerprint density at radius 2 is 2.46 bits per heavy atom. The van der Waals surface area contributed by atoms with Crippen molar-refractivity contribution in [3.63, 3.8) is 0 Å². The zero-order chi connectivity index (χ0) is 9.84. The summed E-state index contributed by atoms with van der Waals surface area (Å²) in [5.41, 5.74) is 0.894. The second-order valence-corrected chi connectivity index (χ2v) is 3.13. The van der Waals surface area contributed by atoms with Crippen molar-refractivity contribution >= 4 is 17.5 Å². The fraction of sp³-hybridized carbons (Fsp3) is 0.500. The number of amides is 1.